The molecule has 0 aromatic carbocycles. The number of fused-ring (bicyclic) bond motifs is 1. The van der Waals surface area contributed by atoms with Crippen molar-refractivity contribution in [1.82, 2.24) is 10.3 Å². The van der Waals surface area contributed by atoms with Gasteiger partial charge in [-0.05, 0) is 44.6 Å². The zero-order chi connectivity index (χ0) is 15.1. The number of carbonyl (C=O) groups is 1. The Morgan fingerprint density at radius 1 is 1.52 bits per heavy atom. The van der Waals surface area contributed by atoms with Gasteiger partial charge in [0.05, 0.1) is 5.69 Å². The second kappa shape index (κ2) is 5.30. The first-order valence-corrected chi connectivity index (χ1v) is 8.23. The molecule has 1 aliphatic carbocycles. The number of aromatic nitrogens is 1. The van der Waals surface area contributed by atoms with E-state index in [1.807, 2.05) is 19.9 Å². The van der Waals surface area contributed by atoms with Crippen LogP contribution in [0.1, 0.15) is 40.8 Å². The van der Waals surface area contributed by atoms with Crippen LogP contribution in [-0.4, -0.2) is 17.4 Å². The van der Waals surface area contributed by atoms with Gasteiger partial charge in [-0.25, -0.2) is 0 Å². The summed E-state index contributed by atoms with van der Waals surface area (Å²) in [5, 5.41) is 3.95. The first-order chi connectivity index (χ1) is 9.97. The van der Waals surface area contributed by atoms with Crippen molar-refractivity contribution < 1.29 is 4.79 Å². The lowest BCUT2D eigenvalue weighted by Crippen LogP contribution is -2.28. The number of amides is 1. The van der Waals surface area contributed by atoms with Crippen LogP contribution in [0.2, 0.25) is 0 Å². The SMILES string of the molecule is Cc1cc2sc(C(=O)NCC(C)C3CC3)c(N)c2c(C)n1. The molecule has 1 atom stereocenters. The van der Waals surface area contributed by atoms with E-state index < -0.39 is 0 Å². The van der Waals surface area contributed by atoms with E-state index >= 15 is 0 Å². The topological polar surface area (TPSA) is 68.0 Å². The number of nitrogens with zero attached hydrogens (tertiary/aromatic N) is 1. The van der Waals surface area contributed by atoms with Crippen molar-refractivity contribution in [3.05, 3.63) is 22.3 Å². The number of anilines is 1. The number of nitrogen functional groups attached to an aromatic ring is 1. The molecule has 1 unspecified atom stereocenters. The molecule has 2 aromatic rings. The summed E-state index contributed by atoms with van der Waals surface area (Å²) in [4.78, 5) is 17.4. The Morgan fingerprint density at radius 2 is 2.24 bits per heavy atom. The standard InChI is InChI=1S/C16H21N3OS/c1-8(11-4-5-11)7-18-16(20)15-14(17)13-10(3)19-9(2)6-12(13)21-15/h6,8,11H,4-5,7,17H2,1-3H3,(H,18,20). The fourth-order valence-corrected chi connectivity index (χ4v) is 4.00. The van der Waals surface area contributed by atoms with Crippen LogP contribution in [0.25, 0.3) is 10.1 Å². The van der Waals surface area contributed by atoms with E-state index in [-0.39, 0.29) is 5.91 Å². The number of nitrogens with one attached hydrogen (secondary N) is 1. The van der Waals surface area contributed by atoms with E-state index in [1.54, 1.807) is 0 Å². The molecule has 1 amide bonds. The summed E-state index contributed by atoms with van der Waals surface area (Å²) in [5.41, 5.74) is 8.59. The summed E-state index contributed by atoms with van der Waals surface area (Å²) in [7, 11) is 0. The van der Waals surface area contributed by atoms with Gasteiger partial charge in [0.2, 0.25) is 0 Å². The summed E-state index contributed by atoms with van der Waals surface area (Å²) >= 11 is 1.46. The number of nitrogens with two attached hydrogens (primary N) is 1. The zero-order valence-corrected chi connectivity index (χ0v) is 13.5. The summed E-state index contributed by atoms with van der Waals surface area (Å²) < 4.78 is 1.04. The Hall–Kier alpha value is -1.62. The summed E-state index contributed by atoms with van der Waals surface area (Å²) in [6.07, 6.45) is 2.60. The van der Waals surface area contributed by atoms with Crippen LogP contribution in [0.15, 0.2) is 6.07 Å². The van der Waals surface area contributed by atoms with Crippen LogP contribution in [0.4, 0.5) is 5.69 Å². The Labute approximate surface area is 128 Å². The molecule has 1 aliphatic rings. The van der Waals surface area contributed by atoms with Crippen molar-refractivity contribution in [2.45, 2.75) is 33.6 Å². The van der Waals surface area contributed by atoms with Crippen molar-refractivity contribution in [2.75, 3.05) is 12.3 Å². The molecular formula is C16H21N3OS. The molecule has 2 aromatic heterocycles. The van der Waals surface area contributed by atoms with Crippen LogP contribution in [0.5, 0.6) is 0 Å². The van der Waals surface area contributed by atoms with Crippen molar-refractivity contribution in [2.24, 2.45) is 11.8 Å². The van der Waals surface area contributed by atoms with Gasteiger partial charge in [-0.1, -0.05) is 6.92 Å². The van der Waals surface area contributed by atoms with Crippen LogP contribution < -0.4 is 11.1 Å². The van der Waals surface area contributed by atoms with Gasteiger partial charge in [-0.3, -0.25) is 9.78 Å². The van der Waals surface area contributed by atoms with Gasteiger partial charge in [0.25, 0.3) is 5.91 Å². The smallest absolute Gasteiger partial charge is 0.263 e. The van der Waals surface area contributed by atoms with Gasteiger partial charge >= 0.3 is 0 Å². The molecule has 4 nitrogen and oxygen atoms in total. The second-order valence-electron chi connectivity index (χ2n) is 6.09. The lowest BCUT2D eigenvalue weighted by Gasteiger charge is -2.10. The third-order valence-corrected chi connectivity index (χ3v) is 5.39. The third-order valence-electron chi connectivity index (χ3n) is 4.24. The molecule has 0 saturated heterocycles. The van der Waals surface area contributed by atoms with Crippen molar-refractivity contribution in [1.29, 1.82) is 0 Å². The Morgan fingerprint density at radius 3 is 2.90 bits per heavy atom. The van der Waals surface area contributed by atoms with E-state index in [4.69, 9.17) is 5.73 Å². The minimum atomic E-state index is -0.0572. The average Bonchev–Trinajstić information content (AvgIpc) is 3.20. The van der Waals surface area contributed by atoms with Gasteiger partial charge in [0.15, 0.2) is 0 Å². The van der Waals surface area contributed by atoms with E-state index in [2.05, 4.69) is 17.2 Å². The van der Waals surface area contributed by atoms with Gasteiger partial charge < -0.3 is 11.1 Å². The predicted octanol–water partition coefficient (Wildman–Crippen LogP) is 3.27. The zero-order valence-electron chi connectivity index (χ0n) is 12.7. The third kappa shape index (κ3) is 2.75. The van der Waals surface area contributed by atoms with E-state index in [0.29, 0.717) is 16.5 Å². The molecule has 0 bridgehead atoms. The summed E-state index contributed by atoms with van der Waals surface area (Å²) in [6, 6.07) is 1.99. The fraction of sp³-hybridized carbons (Fsp3) is 0.500. The maximum absolute atomic E-state index is 12.4. The number of pyridine rings is 1. The molecular weight excluding hydrogens is 282 g/mol. The molecule has 3 rings (SSSR count). The quantitative estimate of drug-likeness (QED) is 0.911. The molecule has 1 fully saturated rings. The highest BCUT2D eigenvalue weighted by atomic mass is 32.1. The van der Waals surface area contributed by atoms with Crippen molar-refractivity contribution >= 4 is 33.0 Å². The Kier molecular flexibility index (Phi) is 3.61. The monoisotopic (exact) mass is 303 g/mol. The molecule has 0 spiro atoms. The number of aryl methyl sites for hydroxylation is 2. The van der Waals surface area contributed by atoms with Crippen molar-refractivity contribution in [3.8, 4) is 0 Å². The number of rotatable bonds is 4. The van der Waals surface area contributed by atoms with Crippen LogP contribution in [0.3, 0.4) is 0 Å². The minimum absolute atomic E-state index is 0.0572. The largest absolute Gasteiger partial charge is 0.397 e. The van der Waals surface area contributed by atoms with Crippen LogP contribution in [0, 0.1) is 25.7 Å². The normalized spacial score (nSPS) is 16.1. The van der Waals surface area contributed by atoms with Gasteiger partial charge in [-0.15, -0.1) is 11.3 Å². The number of hydrogen-bond acceptors (Lipinski definition) is 4. The van der Waals surface area contributed by atoms with Gasteiger partial charge in [0, 0.05) is 28.0 Å². The summed E-state index contributed by atoms with van der Waals surface area (Å²) in [5.74, 6) is 1.28. The van der Waals surface area contributed by atoms with Crippen molar-refractivity contribution in [3.63, 3.8) is 0 Å². The molecule has 21 heavy (non-hydrogen) atoms. The molecule has 0 aliphatic heterocycles. The predicted molar refractivity (Wildman–Crippen MR) is 87.7 cm³/mol. The lowest BCUT2D eigenvalue weighted by atomic mass is 10.1. The molecule has 2 heterocycles. The minimum Gasteiger partial charge on any atom is -0.397 e. The Balaban J connectivity index is 1.84. The number of thiophene rings is 1. The second-order valence-corrected chi connectivity index (χ2v) is 7.14. The summed E-state index contributed by atoms with van der Waals surface area (Å²) in [6.45, 7) is 6.83. The molecule has 3 N–H and O–H groups in total. The Bertz CT molecular complexity index is 703. The van der Waals surface area contributed by atoms with E-state index in [1.165, 1.54) is 24.2 Å². The molecule has 1 saturated carbocycles. The fourth-order valence-electron chi connectivity index (χ4n) is 2.81. The number of carbonyl (C=O) groups excluding carboxylic acids is 1. The molecule has 0 radical (unpaired) electrons. The molecule has 5 heteroatoms. The van der Waals surface area contributed by atoms with Gasteiger partial charge in [0.1, 0.15) is 4.88 Å². The average molecular weight is 303 g/mol. The number of hydrogen-bond donors (Lipinski definition) is 2. The molecule has 112 valence electrons. The van der Waals surface area contributed by atoms with Crippen LogP contribution in [-0.2, 0) is 0 Å². The van der Waals surface area contributed by atoms with E-state index in [9.17, 15) is 4.79 Å². The highest BCUT2D eigenvalue weighted by molar-refractivity contribution is 7.21. The maximum atomic E-state index is 12.4. The lowest BCUT2D eigenvalue weighted by molar-refractivity contribution is 0.0951. The van der Waals surface area contributed by atoms with Crippen LogP contribution >= 0.6 is 11.3 Å². The highest BCUT2D eigenvalue weighted by Gasteiger charge is 2.28. The first kappa shape index (κ1) is 14.3. The van der Waals surface area contributed by atoms with E-state index in [0.717, 1.165) is 33.9 Å². The highest BCUT2D eigenvalue weighted by Crippen LogP contribution is 2.37. The first-order valence-electron chi connectivity index (χ1n) is 7.41. The van der Waals surface area contributed by atoms with Gasteiger partial charge in [-0.2, -0.15) is 0 Å². The maximum Gasteiger partial charge on any atom is 0.263 e.